The van der Waals surface area contributed by atoms with Crippen LogP contribution in [0.2, 0.25) is 0 Å². The standard InChI is InChI=1S/C26H24BrN3OS/c1-18-28-24-12-13-29(15-22-14-21(27)17-32-22)16-23(24)26(31)30(18)25(19-8-4-2-5-9-19)20-10-6-3-7-11-20/h2-11,14,17,25H,12-13,15-16H2,1H3. The summed E-state index contributed by atoms with van der Waals surface area (Å²) in [7, 11) is 0. The molecule has 0 spiro atoms. The van der Waals surface area contributed by atoms with Crippen molar-refractivity contribution in [3.05, 3.63) is 120 Å². The number of halogens is 1. The van der Waals surface area contributed by atoms with Gasteiger partial charge in [0.15, 0.2) is 0 Å². The van der Waals surface area contributed by atoms with Crippen LogP contribution in [0.3, 0.4) is 0 Å². The lowest BCUT2D eigenvalue weighted by Crippen LogP contribution is -2.40. The highest BCUT2D eigenvalue weighted by Gasteiger charge is 2.27. The first-order valence-electron chi connectivity index (χ1n) is 10.8. The Morgan fingerprint density at radius 3 is 2.31 bits per heavy atom. The van der Waals surface area contributed by atoms with Gasteiger partial charge in [0.25, 0.3) is 5.56 Å². The number of benzene rings is 2. The molecule has 5 rings (SSSR count). The summed E-state index contributed by atoms with van der Waals surface area (Å²) in [6, 6.07) is 22.4. The maximum Gasteiger partial charge on any atom is 0.259 e. The summed E-state index contributed by atoms with van der Waals surface area (Å²) in [6.07, 6.45) is 0.806. The molecule has 0 atom stereocenters. The van der Waals surface area contributed by atoms with Crippen molar-refractivity contribution >= 4 is 27.3 Å². The van der Waals surface area contributed by atoms with Gasteiger partial charge in [0.05, 0.1) is 17.3 Å². The lowest BCUT2D eigenvalue weighted by molar-refractivity contribution is 0.242. The molecule has 6 heteroatoms. The number of aryl methyl sites for hydroxylation is 1. The van der Waals surface area contributed by atoms with Gasteiger partial charge >= 0.3 is 0 Å². The van der Waals surface area contributed by atoms with Crippen LogP contribution < -0.4 is 5.56 Å². The maximum absolute atomic E-state index is 13.9. The van der Waals surface area contributed by atoms with Gasteiger partial charge in [-0.25, -0.2) is 4.98 Å². The Morgan fingerprint density at radius 1 is 1.06 bits per heavy atom. The number of hydrogen-bond acceptors (Lipinski definition) is 4. The van der Waals surface area contributed by atoms with E-state index in [-0.39, 0.29) is 11.6 Å². The Labute approximate surface area is 200 Å². The normalized spacial score (nSPS) is 14.0. The first-order chi connectivity index (χ1) is 15.6. The van der Waals surface area contributed by atoms with Gasteiger partial charge in [-0.2, -0.15) is 0 Å². The fraction of sp³-hybridized carbons (Fsp3) is 0.231. The molecule has 0 radical (unpaired) electrons. The molecule has 0 amide bonds. The molecular formula is C26H24BrN3OS. The van der Waals surface area contributed by atoms with Crippen LogP contribution in [0.25, 0.3) is 0 Å². The Kier molecular flexibility index (Phi) is 6.09. The summed E-state index contributed by atoms with van der Waals surface area (Å²) in [6.45, 7) is 4.35. The van der Waals surface area contributed by atoms with Crippen molar-refractivity contribution in [2.24, 2.45) is 0 Å². The molecule has 1 aliphatic rings. The van der Waals surface area contributed by atoms with Crippen molar-refractivity contribution in [1.82, 2.24) is 14.5 Å². The van der Waals surface area contributed by atoms with Crippen molar-refractivity contribution in [1.29, 1.82) is 0 Å². The van der Waals surface area contributed by atoms with Crippen molar-refractivity contribution in [2.75, 3.05) is 6.54 Å². The van der Waals surface area contributed by atoms with E-state index >= 15 is 0 Å². The zero-order valence-electron chi connectivity index (χ0n) is 17.9. The molecule has 3 heterocycles. The van der Waals surface area contributed by atoms with Gasteiger partial charge in [0.2, 0.25) is 0 Å². The van der Waals surface area contributed by atoms with E-state index in [0.29, 0.717) is 6.54 Å². The molecule has 4 aromatic rings. The number of thiophene rings is 1. The minimum Gasteiger partial charge on any atom is -0.293 e. The predicted molar refractivity (Wildman–Crippen MR) is 133 cm³/mol. The summed E-state index contributed by atoms with van der Waals surface area (Å²) in [5, 5.41) is 2.11. The largest absolute Gasteiger partial charge is 0.293 e. The molecular weight excluding hydrogens is 482 g/mol. The van der Waals surface area contributed by atoms with E-state index < -0.39 is 0 Å². The van der Waals surface area contributed by atoms with Crippen molar-refractivity contribution in [2.45, 2.75) is 32.5 Å². The van der Waals surface area contributed by atoms with Crippen LogP contribution in [-0.4, -0.2) is 21.0 Å². The summed E-state index contributed by atoms with van der Waals surface area (Å²) in [4.78, 5) is 22.5. The molecule has 0 fully saturated rings. The van der Waals surface area contributed by atoms with Crippen LogP contribution in [0, 0.1) is 6.92 Å². The van der Waals surface area contributed by atoms with Crippen LogP contribution in [0.1, 0.15) is 39.1 Å². The monoisotopic (exact) mass is 505 g/mol. The third-order valence-corrected chi connectivity index (χ3v) is 7.69. The molecule has 0 bridgehead atoms. The first kappa shape index (κ1) is 21.3. The Hall–Kier alpha value is -2.54. The zero-order valence-corrected chi connectivity index (χ0v) is 20.3. The van der Waals surface area contributed by atoms with Gasteiger partial charge in [-0.15, -0.1) is 11.3 Å². The second-order valence-electron chi connectivity index (χ2n) is 8.18. The highest BCUT2D eigenvalue weighted by Crippen LogP contribution is 2.28. The first-order valence-corrected chi connectivity index (χ1v) is 12.4. The van der Waals surface area contributed by atoms with Crippen LogP contribution in [0.5, 0.6) is 0 Å². The van der Waals surface area contributed by atoms with Gasteiger partial charge in [-0.05, 0) is 40.0 Å². The van der Waals surface area contributed by atoms with Crippen molar-refractivity contribution in [3.63, 3.8) is 0 Å². The summed E-state index contributed by atoms with van der Waals surface area (Å²) in [5.41, 5.74) is 4.02. The minimum atomic E-state index is -0.202. The van der Waals surface area contributed by atoms with E-state index in [1.54, 1.807) is 11.3 Å². The van der Waals surface area contributed by atoms with Gasteiger partial charge in [0, 0.05) is 40.8 Å². The molecule has 162 valence electrons. The minimum absolute atomic E-state index is 0.0715. The number of nitrogens with zero attached hydrogens (tertiary/aromatic N) is 3. The van der Waals surface area contributed by atoms with Crippen LogP contribution in [-0.2, 0) is 19.5 Å². The number of aromatic nitrogens is 2. The van der Waals surface area contributed by atoms with E-state index in [1.807, 2.05) is 47.9 Å². The topological polar surface area (TPSA) is 38.1 Å². The third-order valence-electron chi connectivity index (χ3n) is 6.01. The fourth-order valence-corrected chi connectivity index (χ4v) is 6.01. The van der Waals surface area contributed by atoms with Gasteiger partial charge in [-0.3, -0.25) is 14.3 Å². The predicted octanol–water partition coefficient (Wildman–Crippen LogP) is 5.57. The van der Waals surface area contributed by atoms with E-state index in [1.165, 1.54) is 4.88 Å². The Bertz CT molecular complexity index is 1240. The quantitative estimate of drug-likeness (QED) is 0.355. The van der Waals surface area contributed by atoms with Crippen molar-refractivity contribution < 1.29 is 0 Å². The molecule has 0 saturated carbocycles. The Morgan fingerprint density at radius 2 is 1.72 bits per heavy atom. The van der Waals surface area contributed by atoms with Crippen LogP contribution in [0.4, 0.5) is 0 Å². The third kappa shape index (κ3) is 4.22. The molecule has 0 N–H and O–H groups in total. The Balaban J connectivity index is 1.57. The maximum atomic E-state index is 13.9. The molecule has 1 aliphatic heterocycles. The summed E-state index contributed by atoms with van der Waals surface area (Å²) in [5.74, 6) is 0.766. The SMILES string of the molecule is Cc1nc2c(c(=O)n1C(c1ccccc1)c1ccccc1)CN(Cc1cc(Br)cs1)CC2. The van der Waals surface area contributed by atoms with Gasteiger partial charge < -0.3 is 0 Å². The average molecular weight is 506 g/mol. The molecule has 4 nitrogen and oxygen atoms in total. The van der Waals surface area contributed by atoms with Gasteiger partial charge in [0.1, 0.15) is 5.82 Å². The number of fused-ring (bicyclic) bond motifs is 1. The smallest absolute Gasteiger partial charge is 0.259 e. The van der Waals surface area contributed by atoms with E-state index in [2.05, 4.69) is 56.5 Å². The molecule has 0 unspecified atom stereocenters. The van der Waals surface area contributed by atoms with Crippen LogP contribution >= 0.6 is 27.3 Å². The molecule has 2 aromatic carbocycles. The van der Waals surface area contributed by atoms with E-state index in [9.17, 15) is 4.79 Å². The second kappa shape index (κ2) is 9.14. The average Bonchev–Trinajstić information content (AvgIpc) is 3.22. The second-order valence-corrected chi connectivity index (χ2v) is 10.1. The summed E-state index contributed by atoms with van der Waals surface area (Å²) < 4.78 is 3.00. The van der Waals surface area contributed by atoms with Gasteiger partial charge in [-0.1, -0.05) is 60.7 Å². The highest BCUT2D eigenvalue weighted by molar-refractivity contribution is 9.10. The lowest BCUT2D eigenvalue weighted by Gasteiger charge is -2.30. The lowest BCUT2D eigenvalue weighted by atomic mass is 9.97. The number of rotatable bonds is 5. The van der Waals surface area contributed by atoms with E-state index in [4.69, 9.17) is 4.98 Å². The van der Waals surface area contributed by atoms with E-state index in [0.717, 1.165) is 52.2 Å². The fourth-order valence-electron chi connectivity index (χ4n) is 4.52. The van der Waals surface area contributed by atoms with Crippen molar-refractivity contribution in [3.8, 4) is 0 Å². The molecule has 0 aliphatic carbocycles. The zero-order chi connectivity index (χ0) is 22.1. The molecule has 32 heavy (non-hydrogen) atoms. The number of hydrogen-bond donors (Lipinski definition) is 0. The van der Waals surface area contributed by atoms with Crippen LogP contribution in [0.15, 0.2) is 81.4 Å². The molecule has 0 saturated heterocycles. The molecule has 2 aromatic heterocycles. The highest BCUT2D eigenvalue weighted by atomic mass is 79.9. The summed E-state index contributed by atoms with van der Waals surface area (Å²) >= 11 is 5.29.